The SMILES string of the molecule is O=C(O)N(B(O)O)C(=O)O. The summed E-state index contributed by atoms with van der Waals surface area (Å²) in [5.74, 6) is 0. The zero-order valence-electron chi connectivity index (χ0n) is 4.63. The lowest BCUT2D eigenvalue weighted by Gasteiger charge is -2.09. The van der Waals surface area contributed by atoms with E-state index in [1.54, 1.807) is 0 Å². The summed E-state index contributed by atoms with van der Waals surface area (Å²) in [6, 6.07) is 0. The molecular formula is C2H4BNO6. The Labute approximate surface area is 55.3 Å². The number of carboxylic acid groups (broad SMARTS) is 2. The Kier molecular flexibility index (Phi) is 2.65. The Bertz CT molecular complexity index is 142. The van der Waals surface area contributed by atoms with Crippen LogP contribution in [0.5, 0.6) is 0 Å². The van der Waals surface area contributed by atoms with Crippen LogP contribution in [-0.2, 0) is 0 Å². The molecule has 0 radical (unpaired) electrons. The normalized spacial score (nSPS) is 8.60. The van der Waals surface area contributed by atoms with Crippen molar-refractivity contribution in [2.24, 2.45) is 0 Å². The molecule has 0 heterocycles. The second kappa shape index (κ2) is 3.04. The van der Waals surface area contributed by atoms with Crippen LogP contribution in [0.3, 0.4) is 0 Å². The van der Waals surface area contributed by atoms with E-state index in [2.05, 4.69) is 0 Å². The predicted molar refractivity (Wildman–Crippen MR) is 28.1 cm³/mol. The summed E-state index contributed by atoms with van der Waals surface area (Å²) >= 11 is 0. The van der Waals surface area contributed by atoms with Gasteiger partial charge in [0.15, 0.2) is 0 Å². The monoisotopic (exact) mass is 149 g/mol. The number of amides is 2. The third-order valence-corrected chi connectivity index (χ3v) is 0.643. The van der Waals surface area contributed by atoms with E-state index in [0.717, 1.165) is 0 Å². The second-order valence-electron chi connectivity index (χ2n) is 1.28. The van der Waals surface area contributed by atoms with Gasteiger partial charge in [0.05, 0.1) is 0 Å². The molecule has 0 saturated heterocycles. The topological polar surface area (TPSA) is 118 Å². The first-order valence-electron chi connectivity index (χ1n) is 2.08. The summed E-state index contributed by atoms with van der Waals surface area (Å²) in [6.45, 7) is 0. The van der Waals surface area contributed by atoms with E-state index in [1.807, 2.05) is 0 Å². The summed E-state index contributed by atoms with van der Waals surface area (Å²) in [5.41, 5.74) is 0. The van der Waals surface area contributed by atoms with Crippen molar-refractivity contribution < 1.29 is 29.9 Å². The van der Waals surface area contributed by atoms with Gasteiger partial charge in [0, 0.05) is 0 Å². The van der Waals surface area contributed by atoms with Crippen LogP contribution in [0.15, 0.2) is 0 Å². The molecule has 0 unspecified atom stereocenters. The zero-order valence-corrected chi connectivity index (χ0v) is 4.63. The van der Waals surface area contributed by atoms with E-state index in [-0.39, 0.29) is 0 Å². The van der Waals surface area contributed by atoms with Crippen molar-refractivity contribution in [3.63, 3.8) is 0 Å². The molecular weight excluding hydrogens is 145 g/mol. The Morgan fingerprint density at radius 3 is 1.40 bits per heavy atom. The third-order valence-electron chi connectivity index (χ3n) is 0.643. The van der Waals surface area contributed by atoms with Crippen LogP contribution in [0, 0.1) is 0 Å². The third kappa shape index (κ3) is 1.92. The maximum absolute atomic E-state index is 9.81. The van der Waals surface area contributed by atoms with Gasteiger partial charge in [-0.1, -0.05) is 0 Å². The highest BCUT2D eigenvalue weighted by molar-refractivity contribution is 6.45. The quantitative estimate of drug-likeness (QED) is 0.341. The van der Waals surface area contributed by atoms with Crippen LogP contribution in [0.1, 0.15) is 0 Å². The van der Waals surface area contributed by atoms with Crippen molar-refractivity contribution in [3.05, 3.63) is 0 Å². The zero-order chi connectivity index (χ0) is 8.31. The van der Waals surface area contributed by atoms with Crippen LogP contribution in [0.2, 0.25) is 0 Å². The number of rotatable bonds is 1. The highest BCUT2D eigenvalue weighted by Gasteiger charge is 2.32. The molecule has 4 N–H and O–H groups in total. The average molecular weight is 149 g/mol. The molecule has 0 atom stereocenters. The number of nitrogens with zero attached hydrogens (tertiary/aromatic N) is 1. The van der Waals surface area contributed by atoms with E-state index in [0.29, 0.717) is 0 Å². The summed E-state index contributed by atoms with van der Waals surface area (Å²) in [6.07, 6.45) is -3.88. The molecule has 10 heavy (non-hydrogen) atoms. The van der Waals surface area contributed by atoms with Gasteiger partial charge < -0.3 is 20.3 Å². The van der Waals surface area contributed by atoms with Gasteiger partial charge in [0.1, 0.15) is 0 Å². The van der Waals surface area contributed by atoms with E-state index in [1.165, 1.54) is 0 Å². The van der Waals surface area contributed by atoms with Gasteiger partial charge in [-0.25, -0.2) is 14.4 Å². The lowest BCUT2D eigenvalue weighted by Crippen LogP contribution is -2.46. The maximum atomic E-state index is 9.81. The van der Waals surface area contributed by atoms with Crippen molar-refractivity contribution >= 4 is 19.4 Å². The summed E-state index contributed by atoms with van der Waals surface area (Å²) < 4.78 is 0. The first-order valence-corrected chi connectivity index (χ1v) is 2.08. The molecule has 0 aliphatic rings. The number of hydrogen-bond donors (Lipinski definition) is 4. The van der Waals surface area contributed by atoms with Crippen molar-refractivity contribution in [2.45, 2.75) is 0 Å². The Morgan fingerprint density at radius 2 is 1.40 bits per heavy atom. The molecule has 0 fully saturated rings. The molecule has 0 aromatic carbocycles. The van der Waals surface area contributed by atoms with Gasteiger partial charge in [0.2, 0.25) is 0 Å². The first-order chi connectivity index (χ1) is 4.46. The number of hydrogen-bond acceptors (Lipinski definition) is 4. The molecule has 0 spiro atoms. The lowest BCUT2D eigenvalue weighted by atomic mass is 10.1. The van der Waals surface area contributed by atoms with E-state index in [4.69, 9.17) is 20.3 Å². The van der Waals surface area contributed by atoms with Crippen LogP contribution in [-0.4, -0.2) is 44.5 Å². The van der Waals surface area contributed by atoms with Crippen LogP contribution in [0.4, 0.5) is 9.59 Å². The van der Waals surface area contributed by atoms with Crippen molar-refractivity contribution in [2.75, 3.05) is 0 Å². The highest BCUT2D eigenvalue weighted by Crippen LogP contribution is 1.90. The minimum absolute atomic E-state index is 0.556. The van der Waals surface area contributed by atoms with Gasteiger partial charge in [-0.15, -0.1) is 0 Å². The fourth-order valence-corrected chi connectivity index (χ4v) is 0.279. The fraction of sp³-hybridized carbons (Fsp3) is 0. The van der Waals surface area contributed by atoms with Crippen LogP contribution in [0.25, 0.3) is 0 Å². The van der Waals surface area contributed by atoms with Crippen molar-refractivity contribution in [1.29, 1.82) is 0 Å². The van der Waals surface area contributed by atoms with E-state index < -0.39 is 24.3 Å². The smallest absolute Gasteiger partial charge is 0.465 e. The van der Waals surface area contributed by atoms with E-state index >= 15 is 0 Å². The fourth-order valence-electron chi connectivity index (χ4n) is 0.279. The molecule has 0 aromatic heterocycles. The minimum atomic E-state index is -2.53. The van der Waals surface area contributed by atoms with Gasteiger partial charge >= 0.3 is 19.4 Å². The molecule has 0 rings (SSSR count). The average Bonchev–Trinajstić information content (AvgIpc) is 1.59. The standard InChI is InChI=1S/C2H4BNO6/c5-1(6)4(2(7)8)3(9)10/h9-10H,(H,5,6)(H,7,8). The van der Waals surface area contributed by atoms with Crippen LogP contribution >= 0.6 is 0 Å². The molecule has 0 aliphatic heterocycles. The van der Waals surface area contributed by atoms with Crippen molar-refractivity contribution in [3.8, 4) is 0 Å². The second-order valence-corrected chi connectivity index (χ2v) is 1.28. The van der Waals surface area contributed by atoms with E-state index in [9.17, 15) is 9.59 Å². The van der Waals surface area contributed by atoms with Gasteiger partial charge in [-0.2, -0.15) is 0 Å². The minimum Gasteiger partial charge on any atom is -0.465 e. The summed E-state index contributed by atoms with van der Waals surface area (Å²) in [5, 5.41) is 32.0. The molecule has 0 aromatic rings. The molecule has 0 aliphatic carbocycles. The predicted octanol–water partition coefficient (Wildman–Crippen LogP) is -1.39. The number of imide groups is 1. The molecule has 2 amide bonds. The Balaban J connectivity index is 4.27. The first kappa shape index (κ1) is 8.72. The van der Waals surface area contributed by atoms with Crippen LogP contribution < -0.4 is 0 Å². The molecule has 0 bridgehead atoms. The Morgan fingerprint density at radius 1 is 1.10 bits per heavy atom. The molecule has 0 saturated carbocycles. The van der Waals surface area contributed by atoms with Crippen molar-refractivity contribution in [1.82, 2.24) is 4.81 Å². The lowest BCUT2D eigenvalue weighted by molar-refractivity contribution is 0.135. The summed E-state index contributed by atoms with van der Waals surface area (Å²) in [7, 11) is -2.53. The molecule has 8 heteroatoms. The number of carbonyl (C=O) groups is 2. The Hall–Kier alpha value is -1.28. The largest absolute Gasteiger partial charge is 0.602 e. The van der Waals surface area contributed by atoms with Gasteiger partial charge in [-0.3, -0.25) is 0 Å². The summed E-state index contributed by atoms with van der Waals surface area (Å²) in [4.78, 5) is 19.1. The highest BCUT2D eigenvalue weighted by atomic mass is 16.5. The maximum Gasteiger partial charge on any atom is 0.602 e. The van der Waals surface area contributed by atoms with Gasteiger partial charge in [-0.05, 0) is 0 Å². The molecule has 56 valence electrons. The van der Waals surface area contributed by atoms with Gasteiger partial charge in [0.25, 0.3) is 0 Å². The molecule has 7 nitrogen and oxygen atoms in total.